The van der Waals surface area contributed by atoms with E-state index in [1.165, 1.54) is 0 Å². The molecule has 1 fully saturated rings. The van der Waals surface area contributed by atoms with Crippen LogP contribution in [0.1, 0.15) is 47.8 Å². The van der Waals surface area contributed by atoms with E-state index in [0.717, 1.165) is 16.7 Å². The van der Waals surface area contributed by atoms with Crippen molar-refractivity contribution in [3.8, 4) is 11.5 Å². The molecule has 6 aromatic carbocycles. The van der Waals surface area contributed by atoms with E-state index in [9.17, 15) is 19.5 Å². The van der Waals surface area contributed by atoms with Crippen LogP contribution in [-0.4, -0.2) is 87.8 Å². The van der Waals surface area contributed by atoms with Crippen LogP contribution in [0.5, 0.6) is 11.5 Å². The third-order valence-electron chi connectivity index (χ3n) is 10.4. The fourth-order valence-electron chi connectivity index (χ4n) is 7.29. The summed E-state index contributed by atoms with van der Waals surface area (Å²) in [6, 6.07) is 49.4. The minimum absolute atomic E-state index is 0.0587. The molecule has 1 aliphatic rings. The molecule has 0 radical (unpaired) electrons. The number of esters is 3. The molecule has 5 unspecified atom stereocenters. The van der Waals surface area contributed by atoms with Crippen LogP contribution in [0.4, 0.5) is 0 Å². The zero-order valence-electron chi connectivity index (χ0n) is 34.1. The molecule has 0 saturated carbocycles. The van der Waals surface area contributed by atoms with E-state index in [0.29, 0.717) is 11.5 Å². The zero-order valence-corrected chi connectivity index (χ0v) is 34.1. The van der Waals surface area contributed by atoms with Crippen molar-refractivity contribution in [1.82, 2.24) is 0 Å². The standard InChI is InChI=1S/C50H46O12/c1-55-40-27-23-38(24-28-40)50(37-21-13-6-14-22-37,39-25-29-41(56-2)30-26-39)58-32-31-57-49-45(62-48(54)36-19-11-5-12-20-36)44(61-47(53)35-17-9-4-10-18-35)43(42(33-51)59-49)60-46(52)34-15-7-3-8-16-34/h3-30,42-45,49,51H,31-33H2,1-2H3. The molecule has 0 amide bonds. The van der Waals surface area contributed by atoms with E-state index >= 15 is 0 Å². The van der Waals surface area contributed by atoms with E-state index in [1.807, 2.05) is 78.9 Å². The number of carbonyl (C=O) groups excluding carboxylic acids is 3. The van der Waals surface area contributed by atoms with Crippen molar-refractivity contribution in [2.75, 3.05) is 34.0 Å². The highest BCUT2D eigenvalue weighted by Gasteiger charge is 2.53. The molecule has 318 valence electrons. The number of benzene rings is 6. The molecule has 0 aromatic heterocycles. The van der Waals surface area contributed by atoms with Gasteiger partial charge in [0, 0.05) is 0 Å². The molecule has 0 bridgehead atoms. The molecule has 1 aliphatic heterocycles. The average molecular weight is 839 g/mol. The Morgan fingerprint density at radius 1 is 0.500 bits per heavy atom. The highest BCUT2D eigenvalue weighted by atomic mass is 16.7. The summed E-state index contributed by atoms with van der Waals surface area (Å²) in [5.41, 5.74) is 1.77. The highest BCUT2D eigenvalue weighted by molar-refractivity contribution is 5.91. The Balaban J connectivity index is 1.23. The van der Waals surface area contributed by atoms with Crippen molar-refractivity contribution >= 4 is 17.9 Å². The molecular formula is C50H46O12. The molecule has 0 spiro atoms. The van der Waals surface area contributed by atoms with Crippen LogP contribution >= 0.6 is 0 Å². The molecule has 12 nitrogen and oxygen atoms in total. The number of aliphatic hydroxyl groups is 1. The van der Waals surface area contributed by atoms with Gasteiger partial charge in [-0.05, 0) is 77.4 Å². The first-order valence-electron chi connectivity index (χ1n) is 20.0. The van der Waals surface area contributed by atoms with Gasteiger partial charge in [-0.15, -0.1) is 0 Å². The summed E-state index contributed by atoms with van der Waals surface area (Å²) in [6.45, 7) is -0.901. The SMILES string of the molecule is COc1ccc(C(OCCOC2OC(CO)C(OC(=O)c3ccccc3)C(OC(=O)c3ccccc3)C2OC(=O)c2ccccc2)(c2ccccc2)c2ccc(OC)cc2)cc1. The molecule has 62 heavy (non-hydrogen) atoms. The van der Waals surface area contributed by atoms with Crippen molar-refractivity contribution < 1.29 is 57.4 Å². The van der Waals surface area contributed by atoms with E-state index in [1.54, 1.807) is 105 Å². The van der Waals surface area contributed by atoms with E-state index in [2.05, 4.69) is 0 Å². The number of aliphatic hydroxyl groups excluding tert-OH is 1. The first-order chi connectivity index (χ1) is 30.3. The molecule has 7 rings (SSSR count). The quantitative estimate of drug-likeness (QED) is 0.0422. The number of ether oxygens (including phenoxy) is 8. The van der Waals surface area contributed by atoms with Crippen molar-refractivity contribution in [3.05, 3.63) is 203 Å². The van der Waals surface area contributed by atoms with Crippen molar-refractivity contribution in [2.45, 2.75) is 36.3 Å². The first kappa shape index (κ1) is 43.3. The Bertz CT molecular complexity index is 2290. The fourth-order valence-corrected chi connectivity index (χ4v) is 7.29. The Kier molecular flexibility index (Phi) is 14.4. The molecule has 6 aromatic rings. The minimum atomic E-state index is -1.53. The lowest BCUT2D eigenvalue weighted by molar-refractivity contribution is -0.300. The minimum Gasteiger partial charge on any atom is -0.497 e. The summed E-state index contributed by atoms with van der Waals surface area (Å²) in [4.78, 5) is 41.2. The predicted octanol–water partition coefficient (Wildman–Crippen LogP) is 7.42. The monoisotopic (exact) mass is 838 g/mol. The van der Waals surface area contributed by atoms with E-state index in [4.69, 9.17) is 37.9 Å². The fraction of sp³-hybridized carbons (Fsp3) is 0.220. The van der Waals surface area contributed by atoms with Crippen LogP contribution in [0.15, 0.2) is 170 Å². The van der Waals surface area contributed by atoms with E-state index < -0.39 is 60.8 Å². The van der Waals surface area contributed by atoms with Crippen molar-refractivity contribution in [2.24, 2.45) is 0 Å². The third-order valence-corrected chi connectivity index (χ3v) is 10.4. The number of hydrogen-bond donors (Lipinski definition) is 1. The van der Waals surface area contributed by atoms with Gasteiger partial charge >= 0.3 is 17.9 Å². The van der Waals surface area contributed by atoms with Gasteiger partial charge in [-0.1, -0.05) is 109 Å². The number of hydrogen-bond acceptors (Lipinski definition) is 12. The van der Waals surface area contributed by atoms with Crippen LogP contribution in [0.3, 0.4) is 0 Å². The summed E-state index contributed by atoms with van der Waals surface area (Å²) in [5.74, 6) is -1.05. The van der Waals surface area contributed by atoms with Gasteiger partial charge in [0.05, 0.1) is 50.7 Å². The van der Waals surface area contributed by atoms with Crippen LogP contribution in [0.2, 0.25) is 0 Å². The van der Waals surface area contributed by atoms with Gasteiger partial charge in [-0.2, -0.15) is 0 Å². The van der Waals surface area contributed by atoms with Gasteiger partial charge in [0.15, 0.2) is 24.6 Å². The Morgan fingerprint density at radius 3 is 1.31 bits per heavy atom. The maximum Gasteiger partial charge on any atom is 0.338 e. The van der Waals surface area contributed by atoms with Gasteiger partial charge in [0.1, 0.15) is 23.2 Å². The van der Waals surface area contributed by atoms with Crippen LogP contribution in [0.25, 0.3) is 0 Å². The highest BCUT2D eigenvalue weighted by Crippen LogP contribution is 2.42. The number of rotatable bonds is 17. The van der Waals surface area contributed by atoms with Crippen LogP contribution in [0, 0.1) is 0 Å². The molecule has 5 atom stereocenters. The topological polar surface area (TPSA) is 145 Å². The summed E-state index contributed by atoms with van der Waals surface area (Å²) in [5, 5.41) is 10.7. The number of methoxy groups -OCH3 is 2. The van der Waals surface area contributed by atoms with Crippen molar-refractivity contribution in [3.63, 3.8) is 0 Å². The van der Waals surface area contributed by atoms with Gasteiger partial charge in [0.25, 0.3) is 0 Å². The maximum atomic E-state index is 13.8. The Hall–Kier alpha value is -6.83. The lowest BCUT2D eigenvalue weighted by Gasteiger charge is -2.44. The molecule has 1 heterocycles. The lowest BCUT2D eigenvalue weighted by Crippen LogP contribution is -2.63. The molecule has 12 heteroatoms. The summed E-state index contributed by atoms with van der Waals surface area (Å²) < 4.78 is 48.7. The Labute approximate surface area is 359 Å². The summed E-state index contributed by atoms with van der Waals surface area (Å²) in [7, 11) is 3.19. The molecule has 1 saturated heterocycles. The lowest BCUT2D eigenvalue weighted by atomic mass is 9.80. The van der Waals surface area contributed by atoms with Crippen LogP contribution in [-0.2, 0) is 34.0 Å². The molecule has 1 N–H and O–H groups in total. The van der Waals surface area contributed by atoms with Gasteiger partial charge in [-0.3, -0.25) is 0 Å². The van der Waals surface area contributed by atoms with Gasteiger partial charge in [-0.25, -0.2) is 14.4 Å². The number of carbonyl (C=O) groups is 3. The second kappa shape index (κ2) is 20.6. The van der Waals surface area contributed by atoms with Gasteiger partial charge < -0.3 is 43.0 Å². The average Bonchev–Trinajstić information content (AvgIpc) is 3.34. The zero-order chi connectivity index (χ0) is 43.3. The molecule has 0 aliphatic carbocycles. The summed E-state index contributed by atoms with van der Waals surface area (Å²) in [6.07, 6.45) is -7.26. The van der Waals surface area contributed by atoms with Gasteiger partial charge in [0.2, 0.25) is 0 Å². The third kappa shape index (κ3) is 9.86. The Morgan fingerprint density at radius 2 is 0.887 bits per heavy atom. The maximum absolute atomic E-state index is 13.8. The van der Waals surface area contributed by atoms with Crippen molar-refractivity contribution in [1.29, 1.82) is 0 Å². The molecular weight excluding hydrogens is 793 g/mol. The summed E-state index contributed by atoms with van der Waals surface area (Å²) >= 11 is 0. The first-order valence-corrected chi connectivity index (χ1v) is 20.0. The predicted molar refractivity (Wildman–Crippen MR) is 227 cm³/mol. The normalized spacial score (nSPS) is 18.5. The van der Waals surface area contributed by atoms with E-state index in [-0.39, 0.29) is 29.9 Å². The second-order valence-electron chi connectivity index (χ2n) is 14.2. The van der Waals surface area contributed by atoms with Crippen LogP contribution < -0.4 is 9.47 Å². The second-order valence-corrected chi connectivity index (χ2v) is 14.2. The smallest absolute Gasteiger partial charge is 0.338 e. The largest absolute Gasteiger partial charge is 0.497 e.